The number of nitrogens with two attached hydrogens (primary N) is 1. The first-order chi connectivity index (χ1) is 16.5. The van der Waals surface area contributed by atoms with Crippen LogP contribution in [-0.2, 0) is 12.6 Å². The molecule has 0 atom stereocenters. The number of nitrogens with zero attached hydrogens (tertiary/aromatic N) is 1. The van der Waals surface area contributed by atoms with Crippen molar-refractivity contribution < 1.29 is 22.8 Å². The lowest BCUT2D eigenvalue weighted by molar-refractivity contribution is -0.137. The van der Waals surface area contributed by atoms with Crippen molar-refractivity contribution in [3.05, 3.63) is 99.7 Å². The van der Waals surface area contributed by atoms with Crippen LogP contribution in [-0.4, -0.2) is 16.7 Å². The number of rotatable bonds is 5. The van der Waals surface area contributed by atoms with Crippen molar-refractivity contribution in [1.29, 1.82) is 0 Å². The number of nitrogen functional groups attached to an aromatic ring is 1. The Morgan fingerprint density at radius 3 is 2.54 bits per heavy atom. The number of ketones is 1. The highest BCUT2D eigenvalue weighted by Gasteiger charge is 2.33. The highest BCUT2D eigenvalue weighted by Crippen LogP contribution is 2.35. The Morgan fingerprint density at radius 2 is 1.80 bits per heavy atom. The van der Waals surface area contributed by atoms with Gasteiger partial charge in [0.15, 0.2) is 5.78 Å². The number of fused-ring (bicyclic) bond motifs is 1. The monoisotopic (exact) mass is 497 g/mol. The van der Waals surface area contributed by atoms with E-state index >= 15 is 0 Å². The second-order valence-corrected chi connectivity index (χ2v) is 8.40. The molecular formula is C26H19ClF3N3O2. The van der Waals surface area contributed by atoms with Crippen LogP contribution in [0.2, 0.25) is 5.02 Å². The third kappa shape index (κ3) is 5.12. The van der Waals surface area contributed by atoms with Gasteiger partial charge in [0.25, 0.3) is 5.91 Å². The predicted molar refractivity (Wildman–Crippen MR) is 130 cm³/mol. The summed E-state index contributed by atoms with van der Waals surface area (Å²) in [6.07, 6.45) is -3.37. The Bertz CT molecular complexity index is 1470. The lowest BCUT2D eigenvalue weighted by Crippen LogP contribution is -2.14. The first kappa shape index (κ1) is 24.2. The van der Waals surface area contributed by atoms with E-state index in [1.54, 1.807) is 43.3 Å². The number of hydrogen-bond donors (Lipinski definition) is 2. The van der Waals surface area contributed by atoms with Crippen molar-refractivity contribution in [2.24, 2.45) is 0 Å². The molecule has 0 bridgehead atoms. The normalized spacial score (nSPS) is 11.5. The van der Waals surface area contributed by atoms with Crippen LogP contribution in [0.4, 0.5) is 24.7 Å². The largest absolute Gasteiger partial charge is 0.417 e. The zero-order valence-corrected chi connectivity index (χ0v) is 19.2. The number of nitrogens with one attached hydrogen (secondary N) is 1. The van der Waals surface area contributed by atoms with Crippen molar-refractivity contribution >= 4 is 45.6 Å². The van der Waals surface area contributed by atoms with Crippen LogP contribution in [0.15, 0.2) is 66.9 Å². The van der Waals surface area contributed by atoms with Crippen LogP contribution in [0.25, 0.3) is 10.8 Å². The second-order valence-electron chi connectivity index (χ2n) is 7.99. The van der Waals surface area contributed by atoms with Gasteiger partial charge >= 0.3 is 6.18 Å². The van der Waals surface area contributed by atoms with Crippen molar-refractivity contribution in [3.63, 3.8) is 0 Å². The number of pyridine rings is 1. The maximum absolute atomic E-state index is 13.1. The molecule has 1 amide bonds. The number of amides is 1. The van der Waals surface area contributed by atoms with Gasteiger partial charge in [-0.3, -0.25) is 9.59 Å². The fourth-order valence-electron chi connectivity index (χ4n) is 3.73. The molecule has 0 saturated carbocycles. The molecule has 1 heterocycles. The average Bonchev–Trinajstić information content (AvgIpc) is 2.81. The number of aromatic nitrogens is 1. The molecule has 4 aromatic rings. The molecule has 3 N–H and O–H groups in total. The molecule has 0 fully saturated rings. The predicted octanol–water partition coefficient (Wildman–Crippen LogP) is 6.48. The minimum atomic E-state index is -4.63. The maximum Gasteiger partial charge on any atom is 0.417 e. The van der Waals surface area contributed by atoms with Crippen LogP contribution in [0.1, 0.15) is 37.4 Å². The van der Waals surface area contributed by atoms with Crippen LogP contribution < -0.4 is 11.1 Å². The molecule has 35 heavy (non-hydrogen) atoms. The second kappa shape index (κ2) is 9.38. The Balaban J connectivity index is 1.59. The van der Waals surface area contributed by atoms with Crippen molar-refractivity contribution in [2.45, 2.75) is 19.5 Å². The smallest absolute Gasteiger partial charge is 0.383 e. The first-order valence-electron chi connectivity index (χ1n) is 10.5. The number of hydrogen-bond acceptors (Lipinski definition) is 4. The van der Waals surface area contributed by atoms with Crippen LogP contribution in [0.3, 0.4) is 0 Å². The molecule has 3 aromatic carbocycles. The number of Topliss-reactive ketones (excluding diaryl/α,β-unsaturated/α-hetero) is 1. The number of aryl methyl sites for hydroxylation is 1. The van der Waals surface area contributed by atoms with Crippen LogP contribution in [0, 0.1) is 6.92 Å². The van der Waals surface area contributed by atoms with E-state index in [0.717, 1.165) is 12.1 Å². The fraction of sp³-hybridized carbons (Fsp3) is 0.115. The number of halogens is 4. The Morgan fingerprint density at radius 1 is 1.03 bits per heavy atom. The molecule has 0 spiro atoms. The van der Waals surface area contributed by atoms with E-state index in [1.807, 2.05) is 0 Å². The summed E-state index contributed by atoms with van der Waals surface area (Å²) in [5.74, 6) is -0.502. The van der Waals surface area contributed by atoms with Crippen molar-refractivity contribution in [3.8, 4) is 0 Å². The van der Waals surface area contributed by atoms with Crippen molar-refractivity contribution in [2.75, 3.05) is 11.1 Å². The summed E-state index contributed by atoms with van der Waals surface area (Å²) in [7, 11) is 0. The quantitative estimate of drug-likeness (QED) is 0.309. The minimum Gasteiger partial charge on any atom is -0.383 e. The van der Waals surface area contributed by atoms with E-state index in [1.165, 1.54) is 18.3 Å². The van der Waals surface area contributed by atoms with E-state index in [0.29, 0.717) is 33.4 Å². The third-order valence-electron chi connectivity index (χ3n) is 5.59. The number of anilines is 2. The van der Waals surface area contributed by atoms with Gasteiger partial charge in [0, 0.05) is 34.8 Å². The Kier molecular flexibility index (Phi) is 6.49. The van der Waals surface area contributed by atoms with E-state index in [2.05, 4.69) is 10.3 Å². The lowest BCUT2D eigenvalue weighted by atomic mass is 9.99. The van der Waals surface area contributed by atoms with Crippen molar-refractivity contribution in [1.82, 2.24) is 4.98 Å². The van der Waals surface area contributed by atoms with E-state index < -0.39 is 28.5 Å². The fourth-order valence-corrected chi connectivity index (χ4v) is 3.96. The number of alkyl halides is 3. The summed E-state index contributed by atoms with van der Waals surface area (Å²) in [4.78, 5) is 29.9. The summed E-state index contributed by atoms with van der Waals surface area (Å²) in [5, 5.41) is 3.66. The number of carbonyl (C=O) groups excluding carboxylic acids is 2. The molecule has 0 unspecified atom stereocenters. The summed E-state index contributed by atoms with van der Waals surface area (Å²) in [6.45, 7) is 1.77. The zero-order chi connectivity index (χ0) is 25.3. The third-order valence-corrected chi connectivity index (χ3v) is 5.92. The summed E-state index contributed by atoms with van der Waals surface area (Å²) >= 11 is 5.66. The van der Waals surface area contributed by atoms with Gasteiger partial charge in [-0.15, -0.1) is 0 Å². The summed E-state index contributed by atoms with van der Waals surface area (Å²) in [6, 6.07) is 14.9. The first-order valence-corrected chi connectivity index (χ1v) is 10.9. The van der Waals surface area contributed by atoms with Gasteiger partial charge in [-0.2, -0.15) is 13.2 Å². The standard InChI is InChI=1S/C26H19ClF3N3O2/c1-14-5-7-16(23(34)12-15-6-8-21(27)20(11-15)26(28,29)30)13-22(14)33-25(35)19-4-2-3-18-17(19)9-10-32-24(18)31/h2-11,13H,12H2,1H3,(H2,31,32)(H,33,35). The molecule has 5 nitrogen and oxygen atoms in total. The Hall–Kier alpha value is -3.91. The van der Waals surface area contributed by atoms with Crippen LogP contribution >= 0.6 is 11.6 Å². The molecule has 1 aromatic heterocycles. The zero-order valence-electron chi connectivity index (χ0n) is 18.4. The van der Waals surface area contributed by atoms with E-state index in [9.17, 15) is 22.8 Å². The maximum atomic E-state index is 13.1. The highest BCUT2D eigenvalue weighted by atomic mass is 35.5. The molecule has 178 valence electrons. The molecule has 0 aliphatic rings. The van der Waals surface area contributed by atoms with Gasteiger partial charge in [-0.1, -0.05) is 41.9 Å². The summed E-state index contributed by atoms with van der Waals surface area (Å²) in [5.41, 5.74) is 6.85. The van der Waals surface area contributed by atoms with Gasteiger partial charge in [0.1, 0.15) is 5.82 Å². The Labute approximate surface area is 203 Å². The summed E-state index contributed by atoms with van der Waals surface area (Å²) < 4.78 is 39.4. The number of benzene rings is 3. The van der Waals surface area contributed by atoms with E-state index in [-0.39, 0.29) is 17.5 Å². The topological polar surface area (TPSA) is 85.1 Å². The van der Waals surface area contributed by atoms with E-state index in [4.69, 9.17) is 17.3 Å². The van der Waals surface area contributed by atoms with Gasteiger partial charge in [-0.25, -0.2) is 4.98 Å². The molecule has 0 aliphatic heterocycles. The molecule has 0 aliphatic carbocycles. The minimum absolute atomic E-state index is 0.180. The average molecular weight is 498 g/mol. The van der Waals surface area contributed by atoms with Crippen LogP contribution in [0.5, 0.6) is 0 Å². The molecule has 9 heteroatoms. The van der Waals surface area contributed by atoms with Gasteiger partial charge in [0.2, 0.25) is 0 Å². The van der Waals surface area contributed by atoms with Gasteiger partial charge in [-0.05, 0) is 53.8 Å². The molecule has 4 rings (SSSR count). The van der Waals surface area contributed by atoms with Gasteiger partial charge < -0.3 is 11.1 Å². The lowest BCUT2D eigenvalue weighted by Gasteiger charge is -2.13. The SMILES string of the molecule is Cc1ccc(C(=O)Cc2ccc(Cl)c(C(F)(F)F)c2)cc1NC(=O)c1cccc2c(N)nccc12. The molecule has 0 radical (unpaired) electrons. The number of carbonyl (C=O) groups is 2. The molecule has 0 saturated heterocycles. The molecular weight excluding hydrogens is 479 g/mol. The highest BCUT2D eigenvalue weighted by molar-refractivity contribution is 6.31. The van der Waals surface area contributed by atoms with Gasteiger partial charge in [0.05, 0.1) is 10.6 Å².